The summed E-state index contributed by atoms with van der Waals surface area (Å²) in [7, 11) is -24.2. The molecule has 0 aromatic rings. The third kappa shape index (κ3) is 5.38. The number of hydrogen-bond donors (Lipinski definition) is 0. The highest BCUT2D eigenvalue weighted by atomic mass is 28.6. The molecule has 0 aromatic heterocycles. The fraction of sp³-hybridized carbons (Fsp3) is 1.00. The summed E-state index contributed by atoms with van der Waals surface area (Å²) in [6.45, 7) is 16.2. The second kappa shape index (κ2) is 10.7. The zero-order valence-corrected chi connectivity index (χ0v) is 30.1. The predicted molar refractivity (Wildman–Crippen MR) is 142 cm³/mol. The number of fused-ring (bicyclic) bond motifs is 4. The van der Waals surface area contributed by atoms with Crippen molar-refractivity contribution >= 4 is 71.4 Å². The van der Waals surface area contributed by atoms with Crippen LogP contribution in [0.5, 0.6) is 0 Å². The van der Waals surface area contributed by atoms with Gasteiger partial charge < -0.3 is 45.3 Å². The topological polar surface area (TPSA) is 102 Å². The third-order valence-electron chi connectivity index (χ3n) is 6.43. The molecule has 4 saturated heterocycles. The van der Waals surface area contributed by atoms with Crippen LogP contribution in [0.15, 0.2) is 0 Å². The summed E-state index contributed by atoms with van der Waals surface area (Å²) in [5.41, 5.74) is 0. The second-order valence-electron chi connectivity index (χ2n) is 8.79. The first kappa shape index (κ1) is 29.3. The zero-order valence-electron chi connectivity index (χ0n) is 22.1. The Morgan fingerprint density at radius 2 is 0.543 bits per heavy atom. The summed E-state index contributed by atoms with van der Waals surface area (Å²) < 4.78 is 76.0. The summed E-state index contributed by atoms with van der Waals surface area (Å²) >= 11 is 0. The maximum Gasteiger partial charge on any atom is 0.478 e. The third-order valence-corrected chi connectivity index (χ3v) is 38.8. The lowest BCUT2D eigenvalue weighted by molar-refractivity contribution is 0.0145. The maximum atomic E-state index is 6.99. The molecule has 4 atom stereocenters. The largest absolute Gasteiger partial charge is 0.478 e. The first-order chi connectivity index (χ1) is 16.6. The van der Waals surface area contributed by atoms with Crippen LogP contribution >= 0.6 is 0 Å². The van der Waals surface area contributed by atoms with Gasteiger partial charge in [0.1, 0.15) is 0 Å². The van der Waals surface area contributed by atoms with Crippen LogP contribution in [-0.4, -0.2) is 71.4 Å². The van der Waals surface area contributed by atoms with Crippen molar-refractivity contribution in [1.82, 2.24) is 0 Å². The van der Waals surface area contributed by atoms with Gasteiger partial charge in [0.2, 0.25) is 0 Å². The van der Waals surface area contributed by atoms with E-state index >= 15 is 0 Å². The molecule has 0 saturated carbocycles. The molecule has 4 unspecified atom stereocenters. The standard InChI is InChI=1S/C16H40O11Si8/c1-9-28-17-30(11-3)21-32(13-5)19-29(10-2)20-33(14-6)22-31(12-4,18-28)24-34(15-7,23-30)27-35(16-8,25-32)26-33/h9-16H2,1-8H3. The minimum atomic E-state index is -3.46. The summed E-state index contributed by atoms with van der Waals surface area (Å²) in [6.07, 6.45) is 0. The van der Waals surface area contributed by atoms with Crippen LogP contribution < -0.4 is 0 Å². The van der Waals surface area contributed by atoms with E-state index in [2.05, 4.69) is 0 Å². The highest BCUT2D eigenvalue weighted by molar-refractivity contribution is 6.99. The van der Waals surface area contributed by atoms with Gasteiger partial charge in [-0.2, -0.15) is 0 Å². The zero-order chi connectivity index (χ0) is 25.6. The molecular weight excluding hydrogens is 593 g/mol. The highest BCUT2D eigenvalue weighted by Crippen LogP contribution is 2.47. The molecule has 0 N–H and O–H groups in total. The van der Waals surface area contributed by atoms with Gasteiger partial charge in [-0.15, -0.1) is 0 Å². The van der Waals surface area contributed by atoms with E-state index < -0.39 is 71.4 Å². The Morgan fingerprint density at radius 3 is 0.743 bits per heavy atom. The minimum absolute atomic E-state index is 0.499. The van der Waals surface area contributed by atoms with Crippen LogP contribution in [0.1, 0.15) is 55.4 Å². The van der Waals surface area contributed by atoms with Gasteiger partial charge in [-0.1, -0.05) is 55.4 Å². The van der Waals surface area contributed by atoms with Crippen molar-refractivity contribution in [1.29, 1.82) is 0 Å². The summed E-state index contributed by atoms with van der Waals surface area (Å²) in [5, 5.41) is 0. The molecule has 0 aliphatic carbocycles. The maximum absolute atomic E-state index is 6.99. The Labute approximate surface area is 219 Å². The van der Waals surface area contributed by atoms with Crippen molar-refractivity contribution in [3.63, 3.8) is 0 Å². The Bertz CT molecular complexity index is 653. The minimum Gasteiger partial charge on any atom is -0.393 e. The van der Waals surface area contributed by atoms with E-state index in [0.29, 0.717) is 48.4 Å². The predicted octanol–water partition coefficient (Wildman–Crippen LogP) is 3.99. The van der Waals surface area contributed by atoms with E-state index in [0.717, 1.165) is 0 Å². The molecule has 4 fully saturated rings. The fourth-order valence-corrected chi connectivity index (χ4v) is 46.7. The van der Waals surface area contributed by atoms with Gasteiger partial charge in [-0.05, 0) is 12.1 Å². The molecule has 6 bridgehead atoms. The van der Waals surface area contributed by atoms with Crippen LogP contribution in [0.3, 0.4) is 0 Å². The molecule has 4 aliphatic rings. The van der Waals surface area contributed by atoms with Gasteiger partial charge in [-0.3, -0.25) is 0 Å². The summed E-state index contributed by atoms with van der Waals surface area (Å²) in [4.78, 5) is 0. The van der Waals surface area contributed by atoms with Gasteiger partial charge >= 0.3 is 71.4 Å². The normalized spacial score (nSPS) is 47.0. The molecule has 202 valence electrons. The van der Waals surface area contributed by atoms with Crippen LogP contribution in [0.4, 0.5) is 0 Å². The van der Waals surface area contributed by atoms with Crippen molar-refractivity contribution in [3.05, 3.63) is 0 Å². The van der Waals surface area contributed by atoms with Crippen LogP contribution in [0, 0.1) is 0 Å². The van der Waals surface area contributed by atoms with Gasteiger partial charge in [0.25, 0.3) is 0 Å². The van der Waals surface area contributed by atoms with E-state index in [9.17, 15) is 0 Å². The molecule has 35 heavy (non-hydrogen) atoms. The van der Waals surface area contributed by atoms with E-state index in [1.807, 2.05) is 55.4 Å². The van der Waals surface area contributed by atoms with Crippen molar-refractivity contribution in [3.8, 4) is 0 Å². The Morgan fingerprint density at radius 1 is 0.343 bits per heavy atom. The van der Waals surface area contributed by atoms with E-state index in [-0.39, 0.29) is 0 Å². The molecule has 0 spiro atoms. The molecule has 11 nitrogen and oxygen atoms in total. The molecular formula is C16H40O11Si8. The first-order valence-electron chi connectivity index (χ1n) is 13.0. The average molecular weight is 633 g/mol. The molecule has 0 aromatic carbocycles. The summed E-state index contributed by atoms with van der Waals surface area (Å²) in [5.74, 6) is 0. The number of rotatable bonds is 8. The molecule has 4 rings (SSSR count). The van der Waals surface area contributed by atoms with Crippen molar-refractivity contribution in [2.75, 3.05) is 0 Å². The van der Waals surface area contributed by atoms with E-state index in [4.69, 9.17) is 45.3 Å². The van der Waals surface area contributed by atoms with Gasteiger partial charge in [0.05, 0.1) is 0 Å². The molecule has 0 amide bonds. The van der Waals surface area contributed by atoms with Gasteiger partial charge in [0.15, 0.2) is 0 Å². The Kier molecular flexibility index (Phi) is 8.95. The average Bonchev–Trinajstić information content (AvgIpc) is 2.83. The molecule has 19 heteroatoms. The molecule has 4 aliphatic heterocycles. The van der Waals surface area contributed by atoms with Crippen molar-refractivity contribution in [2.45, 2.75) is 104 Å². The smallest absolute Gasteiger partial charge is 0.393 e. The van der Waals surface area contributed by atoms with Gasteiger partial charge in [-0.25, -0.2) is 0 Å². The fourth-order valence-electron chi connectivity index (χ4n) is 4.36. The van der Waals surface area contributed by atoms with Crippen LogP contribution in [-0.2, 0) is 45.3 Å². The van der Waals surface area contributed by atoms with Crippen molar-refractivity contribution in [2.24, 2.45) is 0 Å². The van der Waals surface area contributed by atoms with E-state index in [1.54, 1.807) is 0 Å². The summed E-state index contributed by atoms with van der Waals surface area (Å²) in [6, 6.07) is 4.46. The monoisotopic (exact) mass is 632 g/mol. The first-order valence-corrected chi connectivity index (χ1v) is 27.6. The Hall–Kier alpha value is 1.30. The SMILES string of the molecule is CC[Si]1O[Si]2(CC)O[Si]3(CC)O[Si](CC)O[Si]4(CC)O[Si](CC)(O1)O[Si](CC)(O2)O[Si](CC)(O3)O4. The quantitative estimate of drug-likeness (QED) is 0.363. The molecule has 4 heterocycles. The Balaban J connectivity index is 2.02. The van der Waals surface area contributed by atoms with Crippen LogP contribution in [0.2, 0.25) is 48.4 Å². The van der Waals surface area contributed by atoms with Crippen molar-refractivity contribution < 1.29 is 45.3 Å². The number of hydrogen-bond acceptors (Lipinski definition) is 11. The second-order valence-corrected chi connectivity index (χ2v) is 33.1. The lowest BCUT2D eigenvalue weighted by atomic mass is 11.0. The lowest BCUT2D eigenvalue weighted by Gasteiger charge is -2.58. The van der Waals surface area contributed by atoms with Gasteiger partial charge in [0, 0.05) is 36.3 Å². The highest BCUT2D eigenvalue weighted by Gasteiger charge is 2.75. The van der Waals surface area contributed by atoms with E-state index in [1.165, 1.54) is 0 Å². The molecule has 2 radical (unpaired) electrons. The van der Waals surface area contributed by atoms with Crippen LogP contribution in [0.25, 0.3) is 0 Å². The lowest BCUT2D eigenvalue weighted by Crippen LogP contribution is -2.82.